The van der Waals surface area contributed by atoms with E-state index >= 15 is 0 Å². The Hall–Kier alpha value is -2.61. The largest absolute Gasteiger partial charge is 0.497 e. The number of amides is 1. The normalized spacial score (nSPS) is 10.4. The Balaban J connectivity index is 2.22. The van der Waals surface area contributed by atoms with Crippen molar-refractivity contribution in [2.24, 2.45) is 0 Å². The molecule has 0 atom stereocenters. The van der Waals surface area contributed by atoms with E-state index in [-0.39, 0.29) is 11.6 Å². The van der Waals surface area contributed by atoms with Gasteiger partial charge in [0.15, 0.2) is 5.69 Å². The van der Waals surface area contributed by atoms with Crippen LogP contribution in [0.5, 0.6) is 11.5 Å². The lowest BCUT2D eigenvalue weighted by Gasteiger charge is -2.22. The summed E-state index contributed by atoms with van der Waals surface area (Å²) in [5.41, 5.74) is 0.719. The van der Waals surface area contributed by atoms with E-state index < -0.39 is 5.97 Å². The summed E-state index contributed by atoms with van der Waals surface area (Å²) in [6.45, 7) is 4.91. The van der Waals surface area contributed by atoms with E-state index in [1.54, 1.807) is 42.5 Å². The molecule has 1 aromatic heterocycles. The molecule has 1 heterocycles. The van der Waals surface area contributed by atoms with Gasteiger partial charge in [0.05, 0.1) is 32.9 Å². The van der Waals surface area contributed by atoms with Gasteiger partial charge in [0, 0.05) is 18.0 Å². The van der Waals surface area contributed by atoms with Gasteiger partial charge in [-0.3, -0.25) is 4.79 Å². The first kappa shape index (κ1) is 20.7. The van der Waals surface area contributed by atoms with Gasteiger partial charge in [-0.2, -0.15) is 0 Å². The van der Waals surface area contributed by atoms with Crippen LogP contribution < -0.4 is 9.47 Å². The molecule has 1 aromatic carbocycles. The Morgan fingerprint density at radius 3 is 2.59 bits per heavy atom. The number of aromatic nitrogens is 1. The fourth-order valence-corrected chi connectivity index (χ4v) is 3.29. The number of nitrogens with zero attached hydrogens (tertiary/aromatic N) is 2. The van der Waals surface area contributed by atoms with Gasteiger partial charge in [-0.25, -0.2) is 9.78 Å². The van der Waals surface area contributed by atoms with Gasteiger partial charge in [0.1, 0.15) is 16.5 Å². The standard InChI is InChI=1S/C19H24N2O5S/c1-5-9-21(11-17-20-15(12-27-17)19(23)26-6-2)18(22)14-8-7-13(24-3)10-16(14)25-4/h7-8,10,12H,5-6,9,11H2,1-4H3. The van der Waals surface area contributed by atoms with Crippen LogP contribution in [0.3, 0.4) is 0 Å². The number of esters is 1. The number of hydrogen-bond acceptors (Lipinski definition) is 7. The van der Waals surface area contributed by atoms with E-state index in [2.05, 4.69) is 4.98 Å². The summed E-state index contributed by atoms with van der Waals surface area (Å²) in [7, 11) is 3.07. The number of methoxy groups -OCH3 is 2. The van der Waals surface area contributed by atoms with E-state index in [9.17, 15) is 9.59 Å². The molecule has 0 aliphatic heterocycles. The summed E-state index contributed by atoms with van der Waals surface area (Å²) < 4.78 is 15.5. The number of hydrogen-bond donors (Lipinski definition) is 0. The molecule has 7 nitrogen and oxygen atoms in total. The van der Waals surface area contributed by atoms with Gasteiger partial charge in [-0.15, -0.1) is 11.3 Å². The van der Waals surface area contributed by atoms with Crippen LogP contribution in [0.1, 0.15) is 46.1 Å². The summed E-state index contributed by atoms with van der Waals surface area (Å²) in [6, 6.07) is 5.09. The van der Waals surface area contributed by atoms with E-state index in [4.69, 9.17) is 14.2 Å². The van der Waals surface area contributed by atoms with Crippen molar-refractivity contribution < 1.29 is 23.8 Å². The van der Waals surface area contributed by atoms with E-state index in [0.29, 0.717) is 41.8 Å². The van der Waals surface area contributed by atoms with Gasteiger partial charge < -0.3 is 19.1 Å². The van der Waals surface area contributed by atoms with Gasteiger partial charge in [-0.05, 0) is 25.5 Å². The minimum Gasteiger partial charge on any atom is -0.497 e. The summed E-state index contributed by atoms with van der Waals surface area (Å²) in [6.07, 6.45) is 0.792. The molecular formula is C19H24N2O5S. The fourth-order valence-electron chi connectivity index (χ4n) is 2.51. The van der Waals surface area contributed by atoms with Crippen LogP contribution >= 0.6 is 11.3 Å². The first-order valence-corrected chi connectivity index (χ1v) is 9.54. The van der Waals surface area contributed by atoms with Crippen molar-refractivity contribution >= 4 is 23.2 Å². The molecule has 0 radical (unpaired) electrons. The first-order chi connectivity index (χ1) is 13.0. The van der Waals surface area contributed by atoms with Crippen LogP contribution in [-0.4, -0.2) is 49.1 Å². The lowest BCUT2D eigenvalue weighted by atomic mass is 10.1. The zero-order chi connectivity index (χ0) is 19.8. The zero-order valence-electron chi connectivity index (χ0n) is 16.0. The Morgan fingerprint density at radius 2 is 1.96 bits per heavy atom. The predicted octanol–water partition coefficient (Wildman–Crippen LogP) is 3.39. The number of ether oxygens (including phenoxy) is 3. The molecule has 8 heteroatoms. The maximum absolute atomic E-state index is 13.1. The van der Waals surface area contributed by atoms with Crippen LogP contribution in [0.15, 0.2) is 23.6 Å². The Kier molecular flexibility index (Phi) is 7.60. The summed E-state index contributed by atoms with van der Waals surface area (Å²) in [5, 5.41) is 2.32. The Labute approximate surface area is 162 Å². The molecule has 0 N–H and O–H groups in total. The topological polar surface area (TPSA) is 78.0 Å². The quantitative estimate of drug-likeness (QED) is 0.609. The molecule has 2 rings (SSSR count). The third-order valence-electron chi connectivity index (χ3n) is 3.78. The lowest BCUT2D eigenvalue weighted by molar-refractivity contribution is 0.0520. The van der Waals surface area contributed by atoms with Gasteiger partial charge in [0.2, 0.25) is 0 Å². The SMILES string of the molecule is CCCN(Cc1nc(C(=O)OCC)cs1)C(=O)c1ccc(OC)cc1OC. The molecule has 27 heavy (non-hydrogen) atoms. The van der Waals surface area contributed by atoms with Gasteiger partial charge in [-0.1, -0.05) is 6.92 Å². The molecule has 0 bridgehead atoms. The van der Waals surface area contributed by atoms with Crippen LogP contribution in [0, 0.1) is 0 Å². The maximum atomic E-state index is 13.1. The third-order valence-corrected chi connectivity index (χ3v) is 4.62. The molecule has 0 aliphatic rings. The monoisotopic (exact) mass is 392 g/mol. The molecule has 0 aliphatic carbocycles. The average Bonchev–Trinajstić information content (AvgIpc) is 3.15. The van der Waals surface area contributed by atoms with Crippen molar-refractivity contribution in [1.82, 2.24) is 9.88 Å². The second kappa shape index (κ2) is 9.91. The minimum absolute atomic E-state index is 0.163. The molecular weight excluding hydrogens is 368 g/mol. The maximum Gasteiger partial charge on any atom is 0.357 e. The van der Waals surface area contributed by atoms with Crippen molar-refractivity contribution in [2.75, 3.05) is 27.4 Å². The summed E-state index contributed by atoms with van der Waals surface area (Å²) >= 11 is 1.33. The van der Waals surface area contributed by atoms with E-state index in [1.165, 1.54) is 18.4 Å². The van der Waals surface area contributed by atoms with E-state index in [1.807, 2.05) is 6.92 Å². The first-order valence-electron chi connectivity index (χ1n) is 8.66. The number of benzene rings is 1. The average molecular weight is 392 g/mol. The molecule has 0 fully saturated rings. The van der Waals surface area contributed by atoms with Gasteiger partial charge in [0.25, 0.3) is 5.91 Å². The summed E-state index contributed by atoms with van der Waals surface area (Å²) in [5.74, 6) is 0.450. The minimum atomic E-state index is -0.454. The highest BCUT2D eigenvalue weighted by atomic mass is 32.1. The molecule has 1 amide bonds. The molecule has 146 valence electrons. The van der Waals surface area contributed by atoms with Crippen molar-refractivity contribution in [1.29, 1.82) is 0 Å². The number of carbonyl (C=O) groups excluding carboxylic acids is 2. The molecule has 0 unspecified atom stereocenters. The van der Waals surface area contributed by atoms with Crippen LogP contribution in [0.25, 0.3) is 0 Å². The molecule has 0 saturated heterocycles. The van der Waals surface area contributed by atoms with Crippen molar-refractivity contribution in [3.05, 3.63) is 39.8 Å². The molecule has 0 spiro atoms. The van der Waals surface area contributed by atoms with Crippen molar-refractivity contribution in [3.63, 3.8) is 0 Å². The Morgan fingerprint density at radius 1 is 1.19 bits per heavy atom. The van der Waals surface area contributed by atoms with E-state index in [0.717, 1.165) is 6.42 Å². The lowest BCUT2D eigenvalue weighted by Crippen LogP contribution is -2.31. The fraction of sp³-hybridized carbons (Fsp3) is 0.421. The number of rotatable bonds is 9. The zero-order valence-corrected chi connectivity index (χ0v) is 16.8. The second-order valence-corrected chi connectivity index (χ2v) is 6.58. The number of carbonyl (C=O) groups is 2. The Bertz CT molecular complexity index is 790. The van der Waals surface area contributed by atoms with Crippen molar-refractivity contribution in [3.8, 4) is 11.5 Å². The second-order valence-electron chi connectivity index (χ2n) is 5.64. The number of thiazole rings is 1. The highest BCUT2D eigenvalue weighted by Crippen LogP contribution is 2.26. The van der Waals surface area contributed by atoms with Crippen LogP contribution in [0.2, 0.25) is 0 Å². The van der Waals surface area contributed by atoms with Crippen LogP contribution in [-0.2, 0) is 11.3 Å². The molecule has 2 aromatic rings. The molecule has 0 saturated carbocycles. The van der Waals surface area contributed by atoms with Crippen LogP contribution in [0.4, 0.5) is 0 Å². The highest BCUT2D eigenvalue weighted by molar-refractivity contribution is 7.09. The third kappa shape index (κ3) is 5.19. The van der Waals surface area contributed by atoms with Crippen molar-refractivity contribution in [2.45, 2.75) is 26.8 Å². The predicted molar refractivity (Wildman–Crippen MR) is 103 cm³/mol. The highest BCUT2D eigenvalue weighted by Gasteiger charge is 2.22. The smallest absolute Gasteiger partial charge is 0.357 e. The summed E-state index contributed by atoms with van der Waals surface area (Å²) in [4.78, 5) is 30.8. The van der Waals surface area contributed by atoms with Gasteiger partial charge >= 0.3 is 5.97 Å².